The van der Waals surface area contributed by atoms with E-state index in [2.05, 4.69) is 43.2 Å². The van der Waals surface area contributed by atoms with E-state index in [4.69, 9.17) is 19.9 Å². The third-order valence-electron chi connectivity index (χ3n) is 15.5. The first-order valence-corrected chi connectivity index (χ1v) is 25.9. The Kier molecular flexibility index (Phi) is 25.8. The molecule has 0 aromatic rings. The van der Waals surface area contributed by atoms with Crippen molar-refractivity contribution in [2.45, 2.75) is 231 Å². The molecule has 20 atom stereocenters. The molecule has 0 radical (unpaired) electrons. The van der Waals surface area contributed by atoms with Crippen LogP contribution >= 0.6 is 0 Å². The number of aliphatic imine (C=N–C) groups is 1. The van der Waals surface area contributed by atoms with E-state index in [1.165, 1.54) is 0 Å². The van der Waals surface area contributed by atoms with E-state index in [1.807, 2.05) is 33.8 Å². The van der Waals surface area contributed by atoms with Gasteiger partial charge in [0.1, 0.15) is 12.2 Å². The van der Waals surface area contributed by atoms with Crippen LogP contribution in [0, 0.1) is 47.3 Å². The quantitative estimate of drug-likeness (QED) is 0.0417. The molecule has 0 aromatic carbocycles. The van der Waals surface area contributed by atoms with Gasteiger partial charge in [0.15, 0.2) is 11.7 Å². The monoisotopic (exact) mass is 954 g/mol. The van der Waals surface area contributed by atoms with Crippen molar-refractivity contribution in [2.75, 3.05) is 13.6 Å². The highest BCUT2D eigenvalue weighted by molar-refractivity contribution is 5.77. The highest BCUT2D eigenvalue weighted by Crippen LogP contribution is 2.43. The Hall–Kier alpha value is -2.18. The number of rotatable bonds is 11. The van der Waals surface area contributed by atoms with Gasteiger partial charge < -0.3 is 66.1 Å². The number of nitrogens with two attached hydrogens (primary N) is 1. The molecule has 390 valence electrons. The largest absolute Gasteiger partial charge is 0.461 e. The number of unbranched alkanes of at least 4 members (excludes halogenated alkanes) is 2. The van der Waals surface area contributed by atoms with Gasteiger partial charge in [-0.1, -0.05) is 92.5 Å². The number of ether oxygens (including phenoxy) is 3. The predicted molar refractivity (Wildman–Crippen MR) is 261 cm³/mol. The van der Waals surface area contributed by atoms with Crippen molar-refractivity contribution < 1.29 is 59.9 Å². The van der Waals surface area contributed by atoms with Crippen molar-refractivity contribution in [3.05, 3.63) is 24.3 Å². The zero-order valence-corrected chi connectivity index (χ0v) is 42.5. The van der Waals surface area contributed by atoms with Crippen LogP contribution in [0.5, 0.6) is 0 Å². The molecule has 4 aliphatic rings. The highest BCUT2D eigenvalue weighted by Gasteiger charge is 2.55. The third kappa shape index (κ3) is 19.9. The zero-order chi connectivity index (χ0) is 50.0. The van der Waals surface area contributed by atoms with Crippen LogP contribution in [0.4, 0.5) is 0 Å². The Bertz CT molecular complexity index is 1500. The molecular weight excluding hydrogens is 859 g/mol. The molecule has 2 fully saturated rings. The van der Waals surface area contributed by atoms with E-state index in [-0.39, 0.29) is 92.5 Å². The van der Waals surface area contributed by atoms with Gasteiger partial charge in [0.05, 0.1) is 54.9 Å². The van der Waals surface area contributed by atoms with Crippen LogP contribution in [-0.4, -0.2) is 139 Å². The van der Waals surface area contributed by atoms with Gasteiger partial charge >= 0.3 is 5.97 Å². The Morgan fingerprint density at radius 2 is 1.45 bits per heavy atom. The standard InChI is InChI=1S/C52H95N3O12/c1-31(16-14-12-10-11-13-15-23-55-51(53)54-9)24-36(6)49-35(5)19-21-42(58)38(8)44(60)27-40(57)25-39(56)26-41-28-46-50(63)52(64,67-41)30-47(65-46)34(4)18-17-32(2)37(7)45(61)29-43(59)33(3)20-22-48(62)66-49/h10-11,19,21,31-47,49-50,56-61,63-64H,12-18,20,22-30H2,1-9H3,(H3,53,54,55)/b11-10+,21-19+/t31-,32+,33+,34-,35+,36-,37-,38-,39-,40+,41+,42+,43+,44-,45-,46-,47+,49-,50-,52-/m0/s1. The highest BCUT2D eigenvalue weighted by atomic mass is 16.7. The van der Waals surface area contributed by atoms with Gasteiger partial charge in [-0.05, 0) is 106 Å². The van der Waals surface area contributed by atoms with Crippen molar-refractivity contribution in [3.8, 4) is 0 Å². The second-order valence-corrected chi connectivity index (χ2v) is 21.5. The van der Waals surface area contributed by atoms with Crippen LogP contribution in [0.25, 0.3) is 0 Å². The summed E-state index contributed by atoms with van der Waals surface area (Å²) in [6, 6.07) is 0. The normalized spacial score (nSPS) is 41.4. The average molecular weight is 954 g/mol. The molecule has 4 rings (SSSR count). The van der Waals surface area contributed by atoms with Crippen LogP contribution in [0.1, 0.15) is 158 Å². The maximum Gasteiger partial charge on any atom is 0.306 e. The van der Waals surface area contributed by atoms with E-state index >= 15 is 0 Å². The fourth-order valence-corrected chi connectivity index (χ4v) is 10.3. The van der Waals surface area contributed by atoms with Crippen molar-refractivity contribution in [1.29, 1.82) is 0 Å². The number of carbonyl (C=O) groups is 1. The first-order chi connectivity index (χ1) is 31.5. The zero-order valence-electron chi connectivity index (χ0n) is 42.5. The summed E-state index contributed by atoms with van der Waals surface area (Å²) < 4.78 is 18.7. The number of nitrogens with one attached hydrogen (secondary N) is 1. The van der Waals surface area contributed by atoms with Crippen LogP contribution in [0.15, 0.2) is 29.3 Å². The van der Waals surface area contributed by atoms with Gasteiger partial charge in [0, 0.05) is 44.7 Å². The summed E-state index contributed by atoms with van der Waals surface area (Å²) in [6.07, 6.45) is 6.63. The number of hydrogen-bond donors (Lipinski definition) is 10. The molecule has 4 bridgehead atoms. The number of carbonyl (C=O) groups excluding carboxylic acids is 1. The number of hydrogen-bond acceptors (Lipinski definition) is 13. The second-order valence-electron chi connectivity index (χ2n) is 21.5. The summed E-state index contributed by atoms with van der Waals surface area (Å²) in [7, 11) is 1.66. The number of fused-ring (bicyclic) bond motifs is 23. The average Bonchev–Trinajstić information content (AvgIpc) is 3.26. The lowest BCUT2D eigenvalue weighted by molar-refractivity contribution is -0.371. The van der Waals surface area contributed by atoms with Crippen molar-refractivity contribution in [2.24, 2.45) is 58.1 Å². The van der Waals surface area contributed by atoms with Gasteiger partial charge in [0.25, 0.3) is 0 Å². The van der Waals surface area contributed by atoms with Crippen LogP contribution in [-0.2, 0) is 19.0 Å². The molecular formula is C52H95N3O12. The molecule has 11 N–H and O–H groups in total. The summed E-state index contributed by atoms with van der Waals surface area (Å²) in [5.41, 5.74) is 5.68. The van der Waals surface area contributed by atoms with E-state index in [0.29, 0.717) is 18.3 Å². The Labute approximate surface area is 403 Å². The van der Waals surface area contributed by atoms with E-state index in [9.17, 15) is 45.6 Å². The summed E-state index contributed by atoms with van der Waals surface area (Å²) in [6.45, 7) is 16.7. The van der Waals surface area contributed by atoms with Crippen molar-refractivity contribution >= 4 is 11.9 Å². The molecule has 0 unspecified atom stereocenters. The molecule has 0 aromatic heterocycles. The molecule has 67 heavy (non-hydrogen) atoms. The van der Waals surface area contributed by atoms with Gasteiger partial charge in [-0.25, -0.2) is 0 Å². The summed E-state index contributed by atoms with van der Waals surface area (Å²) in [5.74, 6) is -2.67. The lowest BCUT2D eigenvalue weighted by atomic mass is 9.79. The van der Waals surface area contributed by atoms with Crippen LogP contribution < -0.4 is 11.1 Å². The number of aliphatic hydroxyl groups is 8. The predicted octanol–water partition coefficient (Wildman–Crippen LogP) is 5.27. The maximum absolute atomic E-state index is 13.6. The van der Waals surface area contributed by atoms with E-state index in [1.54, 1.807) is 20.0 Å². The number of allylic oxidation sites excluding steroid dienone is 2. The lowest BCUT2D eigenvalue weighted by Gasteiger charge is -2.52. The van der Waals surface area contributed by atoms with Crippen LogP contribution in [0.2, 0.25) is 0 Å². The Morgan fingerprint density at radius 3 is 2.12 bits per heavy atom. The van der Waals surface area contributed by atoms with Crippen LogP contribution in [0.3, 0.4) is 0 Å². The SMILES string of the molecule is CN=C(N)NCCC/C=C/CCC[C@H](C)C[C@H](C)[C@H]1OC(=O)CC[C@@H](C)[C@H](O)C[C@H](O)[C@@H](C)[C@H](C)CC[C@H](C)[C@H]2C[C@]3(O)O[C@H](C[C@@H](O)C[C@@H](O)C[C@H](O)[C@@H](C)[C@H](O)/C=C/[C@H]1C)C[C@H](O2)[C@@H]3O. The first-order valence-electron chi connectivity index (χ1n) is 25.9. The Morgan fingerprint density at radius 1 is 0.806 bits per heavy atom. The summed E-state index contributed by atoms with van der Waals surface area (Å²) >= 11 is 0. The molecule has 4 aliphatic heterocycles. The Balaban J connectivity index is 1.73. The molecule has 4 heterocycles. The van der Waals surface area contributed by atoms with Gasteiger partial charge in [-0.2, -0.15) is 0 Å². The minimum atomic E-state index is -1.86. The first kappa shape index (κ1) is 59.1. The number of esters is 1. The fourth-order valence-electron chi connectivity index (χ4n) is 10.3. The summed E-state index contributed by atoms with van der Waals surface area (Å²) in [5, 5.41) is 92.3. The molecule has 0 spiro atoms. The fraction of sp³-hybridized carbons (Fsp3) is 0.885. The number of aliphatic hydroxyl groups excluding tert-OH is 7. The van der Waals surface area contributed by atoms with Gasteiger partial charge in [0.2, 0.25) is 0 Å². The van der Waals surface area contributed by atoms with Gasteiger partial charge in [-0.15, -0.1) is 0 Å². The number of guanidine groups is 1. The molecule has 0 saturated carbocycles. The van der Waals surface area contributed by atoms with Crippen molar-refractivity contribution in [1.82, 2.24) is 5.32 Å². The molecule has 15 nitrogen and oxygen atoms in total. The molecule has 0 amide bonds. The van der Waals surface area contributed by atoms with Crippen molar-refractivity contribution in [3.63, 3.8) is 0 Å². The van der Waals surface area contributed by atoms with E-state index < -0.39 is 72.7 Å². The topological polar surface area (TPSA) is 257 Å². The number of nitrogens with zero attached hydrogens (tertiary/aromatic N) is 1. The lowest BCUT2D eigenvalue weighted by Crippen LogP contribution is -2.65. The molecule has 2 saturated heterocycles. The smallest absolute Gasteiger partial charge is 0.306 e. The minimum Gasteiger partial charge on any atom is -0.461 e. The van der Waals surface area contributed by atoms with Gasteiger partial charge in [-0.3, -0.25) is 9.79 Å². The van der Waals surface area contributed by atoms with E-state index in [0.717, 1.165) is 57.9 Å². The molecule has 15 heteroatoms. The maximum atomic E-state index is 13.6. The minimum absolute atomic E-state index is 0.00107. The molecule has 0 aliphatic carbocycles. The third-order valence-corrected chi connectivity index (χ3v) is 15.5. The second kappa shape index (κ2) is 29.2. The summed E-state index contributed by atoms with van der Waals surface area (Å²) in [4.78, 5) is 17.5.